The van der Waals surface area contributed by atoms with Crippen molar-refractivity contribution in [3.63, 3.8) is 0 Å². The van der Waals surface area contributed by atoms with Crippen LogP contribution in [0.5, 0.6) is 0 Å². The van der Waals surface area contributed by atoms with Gasteiger partial charge in [0, 0.05) is 0 Å². The van der Waals surface area contributed by atoms with E-state index in [1.165, 1.54) is 6.08 Å². The van der Waals surface area contributed by atoms with E-state index in [4.69, 9.17) is 0 Å². The molecule has 0 aromatic heterocycles. The summed E-state index contributed by atoms with van der Waals surface area (Å²) in [5.41, 5.74) is 0. The van der Waals surface area contributed by atoms with Gasteiger partial charge in [0.15, 0.2) is 0 Å². The number of nitrogens with one attached hydrogen (secondary N) is 1. The number of rotatable bonds is 8. The first-order valence-corrected chi connectivity index (χ1v) is 4.87. The van der Waals surface area contributed by atoms with Crippen molar-refractivity contribution in [3.05, 3.63) is 0 Å². The second kappa shape index (κ2) is 8.44. The molecule has 6 heteroatoms. The second-order valence-corrected chi connectivity index (χ2v) is 3.18. The Morgan fingerprint density at radius 1 is 1.13 bits per heavy atom. The van der Waals surface area contributed by atoms with Gasteiger partial charge in [-0.3, -0.25) is 0 Å². The highest BCUT2D eigenvalue weighted by Crippen LogP contribution is 2.12. The van der Waals surface area contributed by atoms with E-state index >= 15 is 0 Å². The van der Waals surface area contributed by atoms with Crippen LogP contribution in [0.2, 0.25) is 0 Å². The number of hydrogen-bond acceptors (Lipinski definition) is 3. The summed E-state index contributed by atoms with van der Waals surface area (Å²) in [6.45, 7) is -0.0988. The molecule has 0 amide bonds. The van der Waals surface area contributed by atoms with E-state index in [0.29, 0.717) is 19.5 Å². The average molecular weight is 224 g/mol. The lowest BCUT2D eigenvalue weighted by Gasteiger charge is -2.07. The SMILES string of the molecule is O=C=NCCCCCCNCC(F)(F)F. The van der Waals surface area contributed by atoms with E-state index in [2.05, 4.69) is 10.3 Å². The van der Waals surface area contributed by atoms with E-state index in [-0.39, 0.29) is 0 Å². The first-order valence-electron chi connectivity index (χ1n) is 4.87. The zero-order valence-electron chi connectivity index (χ0n) is 8.44. The van der Waals surface area contributed by atoms with Gasteiger partial charge in [0.25, 0.3) is 0 Å². The first-order chi connectivity index (χ1) is 7.06. The van der Waals surface area contributed by atoms with Gasteiger partial charge < -0.3 is 5.32 Å². The van der Waals surface area contributed by atoms with Crippen LogP contribution in [0.25, 0.3) is 0 Å². The lowest BCUT2D eigenvalue weighted by atomic mass is 10.2. The standard InChI is InChI=1S/C9H15F3N2O/c10-9(11,12)7-13-5-3-1-2-4-6-14-8-15/h13H,1-7H2. The summed E-state index contributed by atoms with van der Waals surface area (Å²) in [5, 5.41) is 2.32. The highest BCUT2D eigenvalue weighted by atomic mass is 19.4. The highest BCUT2D eigenvalue weighted by molar-refractivity contribution is 5.32. The van der Waals surface area contributed by atoms with E-state index < -0.39 is 12.7 Å². The second-order valence-electron chi connectivity index (χ2n) is 3.18. The fourth-order valence-electron chi connectivity index (χ4n) is 1.07. The Bertz CT molecular complexity index is 200. The van der Waals surface area contributed by atoms with Gasteiger partial charge in [-0.25, -0.2) is 9.79 Å². The van der Waals surface area contributed by atoms with Crippen LogP contribution in [0.3, 0.4) is 0 Å². The molecule has 0 unspecified atom stereocenters. The average Bonchev–Trinajstić information content (AvgIpc) is 2.14. The molecular weight excluding hydrogens is 209 g/mol. The smallest absolute Gasteiger partial charge is 0.309 e. The minimum absolute atomic E-state index is 0.371. The lowest BCUT2D eigenvalue weighted by Crippen LogP contribution is -2.29. The van der Waals surface area contributed by atoms with Crippen LogP contribution < -0.4 is 5.32 Å². The minimum Gasteiger partial charge on any atom is -0.309 e. The van der Waals surface area contributed by atoms with Crippen LogP contribution in [0.15, 0.2) is 4.99 Å². The number of isocyanates is 1. The predicted octanol–water partition coefficient (Wildman–Crippen LogP) is 2.03. The summed E-state index contributed by atoms with van der Waals surface area (Å²) in [7, 11) is 0. The number of carbonyl (C=O) groups excluding carboxylic acids is 1. The summed E-state index contributed by atoms with van der Waals surface area (Å²) in [5.74, 6) is 0. The van der Waals surface area contributed by atoms with E-state index in [1.54, 1.807) is 0 Å². The van der Waals surface area contributed by atoms with Crippen LogP contribution in [-0.2, 0) is 4.79 Å². The maximum Gasteiger partial charge on any atom is 0.401 e. The number of unbranched alkanes of at least 4 members (excludes halogenated alkanes) is 3. The van der Waals surface area contributed by atoms with Crippen molar-refractivity contribution in [2.24, 2.45) is 4.99 Å². The lowest BCUT2D eigenvalue weighted by molar-refractivity contribution is -0.124. The molecule has 88 valence electrons. The van der Waals surface area contributed by atoms with E-state index in [9.17, 15) is 18.0 Å². The third-order valence-corrected chi connectivity index (χ3v) is 1.76. The Morgan fingerprint density at radius 3 is 2.40 bits per heavy atom. The highest BCUT2D eigenvalue weighted by Gasteiger charge is 2.25. The zero-order chi connectivity index (χ0) is 11.6. The largest absolute Gasteiger partial charge is 0.401 e. The summed E-state index contributed by atoms with van der Waals surface area (Å²) < 4.78 is 35.0. The van der Waals surface area contributed by atoms with E-state index in [1.807, 2.05) is 0 Å². The minimum atomic E-state index is -4.13. The number of aliphatic imine (C=N–C) groups is 1. The molecule has 0 rings (SSSR count). The van der Waals surface area contributed by atoms with E-state index in [0.717, 1.165) is 19.3 Å². The van der Waals surface area contributed by atoms with Crippen molar-refractivity contribution < 1.29 is 18.0 Å². The van der Waals surface area contributed by atoms with Crippen molar-refractivity contribution in [2.45, 2.75) is 31.9 Å². The number of nitrogens with zero attached hydrogens (tertiary/aromatic N) is 1. The fraction of sp³-hybridized carbons (Fsp3) is 0.889. The van der Waals surface area contributed by atoms with Crippen molar-refractivity contribution in [1.82, 2.24) is 5.32 Å². The molecule has 0 aromatic rings. The molecule has 15 heavy (non-hydrogen) atoms. The fourth-order valence-corrected chi connectivity index (χ4v) is 1.07. The zero-order valence-corrected chi connectivity index (χ0v) is 8.44. The van der Waals surface area contributed by atoms with Gasteiger partial charge in [-0.05, 0) is 19.4 Å². The van der Waals surface area contributed by atoms with Gasteiger partial charge in [-0.15, -0.1) is 0 Å². The Labute approximate surface area is 86.8 Å². The maximum absolute atomic E-state index is 11.7. The molecule has 0 aromatic carbocycles. The summed E-state index contributed by atoms with van der Waals surface area (Å²) >= 11 is 0. The van der Waals surface area contributed by atoms with Gasteiger partial charge in [0.05, 0.1) is 13.1 Å². The molecule has 3 nitrogen and oxygen atoms in total. The Morgan fingerprint density at radius 2 is 1.80 bits per heavy atom. The summed E-state index contributed by atoms with van der Waals surface area (Å²) in [6.07, 6.45) is 0.523. The quantitative estimate of drug-likeness (QED) is 0.389. The molecule has 0 aliphatic rings. The predicted molar refractivity (Wildman–Crippen MR) is 50.4 cm³/mol. The van der Waals surface area contributed by atoms with Crippen LogP contribution in [0.4, 0.5) is 13.2 Å². The molecule has 0 saturated carbocycles. The summed E-state index contributed by atoms with van der Waals surface area (Å²) in [4.78, 5) is 13.0. The van der Waals surface area contributed by atoms with Crippen LogP contribution >= 0.6 is 0 Å². The molecule has 0 spiro atoms. The van der Waals surface area contributed by atoms with Crippen LogP contribution in [0.1, 0.15) is 25.7 Å². The third-order valence-electron chi connectivity index (χ3n) is 1.76. The van der Waals surface area contributed by atoms with Crippen molar-refractivity contribution in [2.75, 3.05) is 19.6 Å². The first kappa shape index (κ1) is 14.1. The molecule has 0 aliphatic heterocycles. The van der Waals surface area contributed by atoms with Crippen molar-refractivity contribution in [1.29, 1.82) is 0 Å². The van der Waals surface area contributed by atoms with Gasteiger partial charge in [-0.1, -0.05) is 12.8 Å². The molecule has 0 fully saturated rings. The Hall–Kier alpha value is -0.870. The topological polar surface area (TPSA) is 41.5 Å². The number of halogens is 3. The van der Waals surface area contributed by atoms with Crippen molar-refractivity contribution in [3.8, 4) is 0 Å². The molecule has 0 atom stereocenters. The Balaban J connectivity index is 3.08. The normalized spacial score (nSPS) is 11.1. The molecule has 0 aliphatic carbocycles. The van der Waals surface area contributed by atoms with Crippen LogP contribution in [-0.4, -0.2) is 31.9 Å². The monoisotopic (exact) mass is 224 g/mol. The molecule has 0 saturated heterocycles. The molecule has 0 bridgehead atoms. The van der Waals surface area contributed by atoms with Gasteiger partial charge in [0.2, 0.25) is 6.08 Å². The molecular formula is C9H15F3N2O. The Kier molecular flexibility index (Phi) is 7.95. The third kappa shape index (κ3) is 13.1. The van der Waals surface area contributed by atoms with Crippen molar-refractivity contribution >= 4 is 6.08 Å². The van der Waals surface area contributed by atoms with Crippen LogP contribution in [0, 0.1) is 0 Å². The molecule has 0 heterocycles. The number of hydrogen-bond donors (Lipinski definition) is 1. The molecule has 0 radical (unpaired) electrons. The van der Waals surface area contributed by atoms with Gasteiger partial charge in [0.1, 0.15) is 0 Å². The maximum atomic E-state index is 11.7. The van der Waals surface area contributed by atoms with Gasteiger partial charge in [-0.2, -0.15) is 13.2 Å². The number of alkyl halides is 3. The summed E-state index contributed by atoms with van der Waals surface area (Å²) in [6, 6.07) is 0. The molecule has 1 N–H and O–H groups in total. The van der Waals surface area contributed by atoms with Gasteiger partial charge >= 0.3 is 6.18 Å².